The minimum Gasteiger partial charge on any atom is -0.507 e. The molecule has 1 fully saturated rings. The van der Waals surface area contributed by atoms with E-state index in [1.165, 1.54) is 18.2 Å². The van der Waals surface area contributed by atoms with Crippen LogP contribution in [0.2, 0.25) is 0 Å². The second kappa shape index (κ2) is 11.0. The molecule has 0 bridgehead atoms. The summed E-state index contributed by atoms with van der Waals surface area (Å²) in [7, 11) is 0. The van der Waals surface area contributed by atoms with E-state index in [1.54, 1.807) is 24.3 Å². The molecule has 2 N–H and O–H groups in total. The minimum absolute atomic E-state index is 0.0544. The van der Waals surface area contributed by atoms with Crippen LogP contribution in [-0.4, -0.2) is 55.8 Å². The maximum absolute atomic E-state index is 12.1. The first kappa shape index (κ1) is 22.1. The molecule has 1 atom stereocenters. The molecule has 164 valence electrons. The summed E-state index contributed by atoms with van der Waals surface area (Å²) in [5, 5.41) is 12.3. The molecule has 2 aromatic carbocycles. The van der Waals surface area contributed by atoms with Gasteiger partial charge in [0.15, 0.2) is 12.9 Å². The lowest BCUT2D eigenvalue weighted by atomic mass is 10.2. The molecule has 0 radical (unpaired) electrons. The van der Waals surface area contributed by atoms with E-state index in [2.05, 4.69) is 5.32 Å². The van der Waals surface area contributed by atoms with Crippen LogP contribution in [0, 0.1) is 0 Å². The quantitative estimate of drug-likeness (QED) is 0.228. The average Bonchev–Trinajstić information content (AvgIpc) is 3.59. The Kier molecular flexibility index (Phi) is 7.83. The lowest BCUT2D eigenvalue weighted by molar-refractivity contribution is -0.144. The van der Waals surface area contributed by atoms with Gasteiger partial charge in [0.05, 0.1) is 18.8 Å². The summed E-state index contributed by atoms with van der Waals surface area (Å²) in [6.45, 7) is 0.999. The number of epoxide rings is 1. The van der Waals surface area contributed by atoms with Crippen LogP contribution in [0.4, 0.5) is 5.69 Å². The maximum Gasteiger partial charge on any atom is 0.306 e. The van der Waals surface area contributed by atoms with Crippen molar-refractivity contribution in [1.29, 1.82) is 0 Å². The number of anilines is 1. The number of phenols is 1. The summed E-state index contributed by atoms with van der Waals surface area (Å²) < 4.78 is 20.9. The van der Waals surface area contributed by atoms with Crippen LogP contribution in [0.15, 0.2) is 42.5 Å². The van der Waals surface area contributed by atoms with Gasteiger partial charge in [0.25, 0.3) is 5.91 Å². The number of hydrogen-bond acceptors (Lipinski definition) is 8. The zero-order valence-electron chi connectivity index (χ0n) is 16.7. The summed E-state index contributed by atoms with van der Waals surface area (Å²) in [6.07, 6.45) is 1.34. The number of aldehydes is 1. The Morgan fingerprint density at radius 3 is 2.71 bits per heavy atom. The van der Waals surface area contributed by atoms with Gasteiger partial charge in [-0.1, -0.05) is 6.07 Å². The van der Waals surface area contributed by atoms with E-state index >= 15 is 0 Å². The number of hydrogen-bond donors (Lipinski definition) is 2. The fourth-order valence-corrected chi connectivity index (χ4v) is 2.55. The van der Waals surface area contributed by atoms with Gasteiger partial charge in [0.1, 0.15) is 30.0 Å². The van der Waals surface area contributed by atoms with E-state index in [1.807, 2.05) is 0 Å². The van der Waals surface area contributed by atoms with E-state index in [-0.39, 0.29) is 42.2 Å². The van der Waals surface area contributed by atoms with Crippen LogP contribution in [0.3, 0.4) is 0 Å². The molecule has 0 aromatic heterocycles. The number of ether oxygens (including phenoxy) is 4. The molecule has 1 heterocycles. The van der Waals surface area contributed by atoms with Crippen molar-refractivity contribution in [2.24, 2.45) is 0 Å². The number of benzene rings is 2. The third-order valence-electron chi connectivity index (χ3n) is 4.24. The molecule has 2 aromatic rings. The average molecular weight is 429 g/mol. The fourth-order valence-electron chi connectivity index (χ4n) is 2.55. The Hall–Kier alpha value is -3.59. The van der Waals surface area contributed by atoms with Gasteiger partial charge < -0.3 is 29.4 Å². The predicted octanol–water partition coefficient (Wildman–Crippen LogP) is 2.32. The molecular formula is C22H23NO8. The van der Waals surface area contributed by atoms with E-state index in [0.29, 0.717) is 44.0 Å². The van der Waals surface area contributed by atoms with Gasteiger partial charge in [-0.3, -0.25) is 14.4 Å². The summed E-state index contributed by atoms with van der Waals surface area (Å²) in [5.41, 5.74) is 0.660. The van der Waals surface area contributed by atoms with Crippen molar-refractivity contribution >= 4 is 23.9 Å². The van der Waals surface area contributed by atoms with Crippen molar-refractivity contribution in [1.82, 2.24) is 0 Å². The summed E-state index contributed by atoms with van der Waals surface area (Å²) >= 11 is 0. The number of aromatic hydroxyl groups is 1. The van der Waals surface area contributed by atoms with Crippen molar-refractivity contribution in [3.05, 3.63) is 48.0 Å². The highest BCUT2D eigenvalue weighted by atomic mass is 16.6. The maximum atomic E-state index is 12.1. The summed E-state index contributed by atoms with van der Waals surface area (Å²) in [4.78, 5) is 34.4. The smallest absolute Gasteiger partial charge is 0.306 e. The molecule has 31 heavy (non-hydrogen) atoms. The number of carbonyl (C=O) groups is 3. The van der Waals surface area contributed by atoms with Gasteiger partial charge in [-0.05, 0) is 30.7 Å². The zero-order valence-corrected chi connectivity index (χ0v) is 16.7. The first-order chi connectivity index (χ1) is 15.0. The fraction of sp³-hybridized carbons (Fsp3) is 0.318. The molecular weight excluding hydrogens is 406 g/mol. The first-order valence-electron chi connectivity index (χ1n) is 9.74. The summed E-state index contributed by atoms with van der Waals surface area (Å²) in [5.74, 6) is -0.0953. The number of carbonyl (C=O) groups excluding carboxylic acids is 3. The summed E-state index contributed by atoms with van der Waals surface area (Å²) in [6, 6.07) is 11.0. The van der Waals surface area contributed by atoms with Crippen LogP contribution in [-0.2, 0) is 19.1 Å². The molecule has 3 rings (SSSR count). The van der Waals surface area contributed by atoms with E-state index in [9.17, 15) is 19.5 Å². The minimum atomic E-state index is -0.404. The predicted molar refractivity (Wildman–Crippen MR) is 109 cm³/mol. The largest absolute Gasteiger partial charge is 0.507 e. The number of phenolic OH excluding ortho intramolecular Hbond substituents is 1. The van der Waals surface area contributed by atoms with Gasteiger partial charge in [0, 0.05) is 24.2 Å². The zero-order chi connectivity index (χ0) is 22.1. The van der Waals surface area contributed by atoms with Gasteiger partial charge in [-0.15, -0.1) is 0 Å². The Bertz CT molecular complexity index is 925. The van der Waals surface area contributed by atoms with Gasteiger partial charge >= 0.3 is 5.97 Å². The normalized spacial score (nSPS) is 14.4. The highest BCUT2D eigenvalue weighted by molar-refractivity contribution is 5.92. The van der Waals surface area contributed by atoms with Crippen molar-refractivity contribution in [2.45, 2.75) is 18.9 Å². The second-order valence-electron chi connectivity index (χ2n) is 6.79. The van der Waals surface area contributed by atoms with E-state index < -0.39 is 5.91 Å². The van der Waals surface area contributed by atoms with Crippen molar-refractivity contribution in [2.75, 3.05) is 31.7 Å². The first-order valence-corrected chi connectivity index (χ1v) is 9.74. The third-order valence-corrected chi connectivity index (χ3v) is 4.24. The van der Waals surface area contributed by atoms with Crippen molar-refractivity contribution in [3.8, 4) is 17.2 Å². The molecule has 1 saturated heterocycles. The van der Waals surface area contributed by atoms with Gasteiger partial charge in [-0.2, -0.15) is 0 Å². The van der Waals surface area contributed by atoms with Crippen LogP contribution in [0.1, 0.15) is 23.2 Å². The number of esters is 1. The molecule has 9 nitrogen and oxygen atoms in total. The standard InChI is InChI=1S/C22H23NO8/c24-11-15-6-7-18(10-20(15)25)30-14-21(26)23-16-3-1-4-17(9-16)28-8-2-5-22(27)31-13-19-12-29-19/h1,3-4,6-7,9-11,19,25H,2,5,8,12-14H2,(H,23,26). The van der Waals surface area contributed by atoms with Crippen LogP contribution in [0.25, 0.3) is 0 Å². The number of rotatable bonds is 12. The van der Waals surface area contributed by atoms with E-state index in [0.717, 1.165) is 0 Å². The second-order valence-corrected chi connectivity index (χ2v) is 6.79. The molecule has 1 unspecified atom stereocenters. The van der Waals surface area contributed by atoms with E-state index in [4.69, 9.17) is 18.9 Å². The highest BCUT2D eigenvalue weighted by Crippen LogP contribution is 2.22. The van der Waals surface area contributed by atoms with Gasteiger partial charge in [0.2, 0.25) is 0 Å². The van der Waals surface area contributed by atoms with Crippen molar-refractivity contribution < 1.29 is 38.4 Å². The number of nitrogens with one attached hydrogen (secondary N) is 1. The molecule has 1 amide bonds. The Balaban J connectivity index is 1.37. The Morgan fingerprint density at radius 1 is 1.16 bits per heavy atom. The lowest BCUT2D eigenvalue weighted by Gasteiger charge is -2.10. The molecule has 1 aliphatic rings. The Morgan fingerprint density at radius 2 is 1.97 bits per heavy atom. The van der Waals surface area contributed by atoms with Crippen molar-refractivity contribution in [3.63, 3.8) is 0 Å². The molecule has 9 heteroatoms. The molecule has 1 aliphatic heterocycles. The van der Waals surface area contributed by atoms with Gasteiger partial charge in [-0.25, -0.2) is 0 Å². The molecule has 0 spiro atoms. The van der Waals surface area contributed by atoms with Crippen LogP contribution in [0.5, 0.6) is 17.2 Å². The number of amides is 1. The lowest BCUT2D eigenvalue weighted by Crippen LogP contribution is -2.20. The molecule has 0 saturated carbocycles. The topological polar surface area (TPSA) is 124 Å². The highest BCUT2D eigenvalue weighted by Gasteiger charge is 2.24. The Labute approximate surface area is 178 Å². The monoisotopic (exact) mass is 429 g/mol. The third kappa shape index (κ3) is 7.63. The SMILES string of the molecule is O=Cc1ccc(OCC(=O)Nc2cccc(OCCCC(=O)OCC3CO3)c2)cc1O. The van der Waals surface area contributed by atoms with Crippen LogP contribution >= 0.6 is 0 Å². The van der Waals surface area contributed by atoms with Crippen LogP contribution < -0.4 is 14.8 Å². The molecule has 0 aliphatic carbocycles.